The van der Waals surface area contributed by atoms with E-state index < -0.39 is 5.97 Å². The predicted molar refractivity (Wildman–Crippen MR) is 78.8 cm³/mol. The number of hydrogen-bond acceptors (Lipinski definition) is 3. The highest BCUT2D eigenvalue weighted by Crippen LogP contribution is 2.24. The first-order valence-corrected chi connectivity index (χ1v) is 6.54. The molecule has 5 nitrogen and oxygen atoms in total. The van der Waals surface area contributed by atoms with Crippen molar-refractivity contribution < 1.29 is 9.90 Å². The summed E-state index contributed by atoms with van der Waals surface area (Å²) >= 11 is 6.07. The van der Waals surface area contributed by atoms with Gasteiger partial charge in [-0.05, 0) is 18.2 Å². The molecule has 1 aromatic carbocycles. The zero-order valence-electron chi connectivity index (χ0n) is 10.8. The maximum absolute atomic E-state index is 11.4. The number of aromatic nitrogens is 3. The van der Waals surface area contributed by atoms with Gasteiger partial charge in [0.2, 0.25) is 0 Å². The Labute approximate surface area is 125 Å². The van der Waals surface area contributed by atoms with Gasteiger partial charge in [0.15, 0.2) is 11.5 Å². The van der Waals surface area contributed by atoms with E-state index in [9.17, 15) is 9.90 Å². The van der Waals surface area contributed by atoms with Crippen molar-refractivity contribution in [2.24, 2.45) is 0 Å². The van der Waals surface area contributed by atoms with E-state index in [1.807, 2.05) is 30.3 Å². The van der Waals surface area contributed by atoms with E-state index in [0.717, 1.165) is 5.56 Å². The van der Waals surface area contributed by atoms with Gasteiger partial charge in [-0.15, -0.1) is 0 Å². The summed E-state index contributed by atoms with van der Waals surface area (Å²) in [5.74, 6) is -0.801. The van der Waals surface area contributed by atoms with E-state index in [0.29, 0.717) is 16.5 Å². The molecule has 0 atom stereocenters. The van der Waals surface area contributed by atoms with Crippen molar-refractivity contribution in [3.63, 3.8) is 0 Å². The van der Waals surface area contributed by atoms with Crippen molar-refractivity contribution in [3.05, 3.63) is 65.4 Å². The van der Waals surface area contributed by atoms with Gasteiger partial charge in [-0.25, -0.2) is 14.5 Å². The van der Waals surface area contributed by atoms with Crippen LogP contribution in [0.1, 0.15) is 10.5 Å². The molecule has 3 rings (SSSR count). The van der Waals surface area contributed by atoms with Gasteiger partial charge in [-0.1, -0.05) is 41.9 Å². The van der Waals surface area contributed by atoms with Crippen molar-refractivity contribution in [2.45, 2.75) is 0 Å². The Hall–Kier alpha value is -2.66. The Morgan fingerprint density at radius 2 is 1.90 bits per heavy atom. The summed E-state index contributed by atoms with van der Waals surface area (Å²) in [4.78, 5) is 15.5. The molecule has 0 amide bonds. The lowest BCUT2D eigenvalue weighted by Crippen LogP contribution is -2.09. The molecule has 3 aromatic rings. The first kappa shape index (κ1) is 13.3. The molecule has 0 spiro atoms. The highest BCUT2D eigenvalue weighted by atomic mass is 35.5. The predicted octanol–water partition coefficient (Wildman–Crippen LogP) is 3.29. The van der Waals surface area contributed by atoms with Gasteiger partial charge in [-0.3, -0.25) is 0 Å². The van der Waals surface area contributed by atoms with E-state index >= 15 is 0 Å². The zero-order valence-corrected chi connectivity index (χ0v) is 11.5. The molecule has 2 heterocycles. The molecule has 1 N–H and O–H groups in total. The standard InChI is InChI=1S/C15H10ClN3O2/c16-11-7-4-8-17-14(11)19-13(15(20)21)9-12(18-19)10-5-2-1-3-6-10/h1-9H,(H,20,21). The molecule has 0 aliphatic carbocycles. The summed E-state index contributed by atoms with van der Waals surface area (Å²) in [5.41, 5.74) is 1.38. The summed E-state index contributed by atoms with van der Waals surface area (Å²) in [6.07, 6.45) is 1.54. The lowest BCUT2D eigenvalue weighted by atomic mass is 10.1. The molecule has 6 heteroatoms. The smallest absolute Gasteiger partial charge is 0.354 e. The van der Waals surface area contributed by atoms with E-state index in [2.05, 4.69) is 10.1 Å². The molecule has 0 fully saturated rings. The van der Waals surface area contributed by atoms with Gasteiger partial charge in [0, 0.05) is 11.8 Å². The third-order valence-electron chi connectivity index (χ3n) is 2.94. The van der Waals surface area contributed by atoms with Gasteiger partial charge in [0.1, 0.15) is 0 Å². The molecule has 104 valence electrons. The first-order valence-electron chi connectivity index (χ1n) is 6.16. The van der Waals surface area contributed by atoms with Gasteiger partial charge >= 0.3 is 5.97 Å². The third-order valence-corrected chi connectivity index (χ3v) is 3.23. The Balaban J connectivity index is 2.19. The Morgan fingerprint density at radius 3 is 2.57 bits per heavy atom. The lowest BCUT2D eigenvalue weighted by Gasteiger charge is -2.04. The van der Waals surface area contributed by atoms with Crippen molar-refractivity contribution in [3.8, 4) is 17.1 Å². The number of rotatable bonds is 3. The van der Waals surface area contributed by atoms with Crippen LogP contribution in [0.4, 0.5) is 0 Å². The maximum Gasteiger partial charge on any atom is 0.354 e. The van der Waals surface area contributed by atoms with Crippen molar-refractivity contribution in [1.82, 2.24) is 14.8 Å². The number of hydrogen-bond donors (Lipinski definition) is 1. The van der Waals surface area contributed by atoms with E-state index in [1.54, 1.807) is 12.1 Å². The SMILES string of the molecule is O=C(O)c1cc(-c2ccccc2)nn1-c1ncccc1Cl. The number of carbonyl (C=O) groups is 1. The second-order valence-corrected chi connectivity index (χ2v) is 4.71. The summed E-state index contributed by atoms with van der Waals surface area (Å²) in [7, 11) is 0. The normalized spacial score (nSPS) is 10.5. The summed E-state index contributed by atoms with van der Waals surface area (Å²) < 4.78 is 1.24. The molecular weight excluding hydrogens is 290 g/mol. The van der Waals surface area contributed by atoms with E-state index in [1.165, 1.54) is 16.9 Å². The fraction of sp³-hybridized carbons (Fsp3) is 0. The number of aromatic carboxylic acids is 1. The van der Waals surface area contributed by atoms with Crippen LogP contribution in [0.5, 0.6) is 0 Å². The largest absolute Gasteiger partial charge is 0.477 e. The number of carboxylic acids is 1. The topological polar surface area (TPSA) is 68.0 Å². The van der Waals surface area contributed by atoms with Gasteiger partial charge in [-0.2, -0.15) is 5.10 Å². The summed E-state index contributed by atoms with van der Waals surface area (Å²) in [6.45, 7) is 0. The van der Waals surface area contributed by atoms with Crippen molar-refractivity contribution >= 4 is 17.6 Å². The van der Waals surface area contributed by atoms with Crippen LogP contribution in [0.15, 0.2) is 54.7 Å². The second kappa shape index (κ2) is 5.38. The monoisotopic (exact) mass is 299 g/mol. The van der Waals surface area contributed by atoms with E-state index in [4.69, 9.17) is 11.6 Å². The zero-order chi connectivity index (χ0) is 14.8. The highest BCUT2D eigenvalue weighted by molar-refractivity contribution is 6.32. The van der Waals surface area contributed by atoms with Gasteiger partial charge in [0.25, 0.3) is 0 Å². The molecule has 0 aliphatic rings. The summed E-state index contributed by atoms with van der Waals surface area (Å²) in [6, 6.07) is 14.1. The lowest BCUT2D eigenvalue weighted by molar-refractivity contribution is 0.0687. The highest BCUT2D eigenvalue weighted by Gasteiger charge is 2.18. The average Bonchev–Trinajstić information content (AvgIpc) is 2.94. The molecule has 0 aliphatic heterocycles. The fourth-order valence-corrected chi connectivity index (χ4v) is 2.18. The molecule has 0 bridgehead atoms. The quantitative estimate of drug-likeness (QED) is 0.806. The minimum absolute atomic E-state index is 0.00875. The Kier molecular flexibility index (Phi) is 3.41. The molecule has 0 saturated heterocycles. The van der Waals surface area contributed by atoms with Crippen LogP contribution < -0.4 is 0 Å². The third kappa shape index (κ3) is 2.51. The van der Waals surface area contributed by atoms with Crippen LogP contribution in [-0.4, -0.2) is 25.8 Å². The van der Waals surface area contributed by atoms with Gasteiger partial charge < -0.3 is 5.11 Å². The van der Waals surface area contributed by atoms with Crippen LogP contribution in [0, 0.1) is 0 Å². The van der Waals surface area contributed by atoms with Crippen LogP contribution in [-0.2, 0) is 0 Å². The minimum Gasteiger partial charge on any atom is -0.477 e. The molecule has 21 heavy (non-hydrogen) atoms. The van der Waals surface area contributed by atoms with Crippen LogP contribution in [0.3, 0.4) is 0 Å². The number of nitrogens with zero attached hydrogens (tertiary/aromatic N) is 3. The minimum atomic E-state index is -1.09. The van der Waals surface area contributed by atoms with Crippen LogP contribution in [0.2, 0.25) is 5.02 Å². The molecule has 2 aromatic heterocycles. The molecular formula is C15H10ClN3O2. The second-order valence-electron chi connectivity index (χ2n) is 4.31. The maximum atomic E-state index is 11.4. The molecule has 0 unspecified atom stereocenters. The first-order chi connectivity index (χ1) is 10.2. The van der Waals surface area contributed by atoms with Crippen LogP contribution in [0.25, 0.3) is 17.1 Å². The number of benzene rings is 1. The molecule has 0 radical (unpaired) electrons. The van der Waals surface area contributed by atoms with Gasteiger partial charge in [0.05, 0.1) is 10.7 Å². The van der Waals surface area contributed by atoms with Crippen molar-refractivity contribution in [1.29, 1.82) is 0 Å². The fourth-order valence-electron chi connectivity index (χ4n) is 1.98. The van der Waals surface area contributed by atoms with Crippen LogP contribution >= 0.6 is 11.6 Å². The Morgan fingerprint density at radius 1 is 1.14 bits per heavy atom. The average molecular weight is 300 g/mol. The number of carboxylic acid groups (broad SMARTS) is 1. The Bertz CT molecular complexity index is 800. The number of pyridine rings is 1. The van der Waals surface area contributed by atoms with E-state index in [-0.39, 0.29) is 5.69 Å². The van der Waals surface area contributed by atoms with Crippen molar-refractivity contribution in [2.75, 3.05) is 0 Å². The molecule has 0 saturated carbocycles. The summed E-state index contributed by atoms with van der Waals surface area (Å²) in [5, 5.41) is 14.0. The number of halogens is 1.